The molecule has 0 N–H and O–H groups in total. The highest BCUT2D eigenvalue weighted by Crippen LogP contribution is 2.28. The molecular weight excluding hydrogens is 451 g/mol. The summed E-state index contributed by atoms with van der Waals surface area (Å²) in [6.07, 6.45) is 0. The zero-order valence-electron chi connectivity index (χ0n) is 14.6. The van der Waals surface area contributed by atoms with Gasteiger partial charge >= 0.3 is 0 Å². The SMILES string of the molecule is O=C(c1cc2cccc(Br)c2o1)N1CCN(C(=O)c2cc(Cl)ccc2F)CC1. The smallest absolute Gasteiger partial charge is 0.289 e. The minimum absolute atomic E-state index is 0.0607. The van der Waals surface area contributed by atoms with E-state index in [1.54, 1.807) is 11.0 Å². The number of carbonyl (C=O) groups is 2. The fraction of sp³-hybridized carbons (Fsp3) is 0.200. The molecule has 0 unspecified atom stereocenters. The Hall–Kier alpha value is -2.38. The molecule has 2 amide bonds. The molecule has 0 atom stereocenters. The van der Waals surface area contributed by atoms with E-state index in [-0.39, 0.29) is 17.2 Å². The molecule has 1 aliphatic rings. The predicted molar refractivity (Wildman–Crippen MR) is 107 cm³/mol. The quantitative estimate of drug-likeness (QED) is 0.556. The number of benzene rings is 2. The number of rotatable bonds is 2. The van der Waals surface area contributed by atoms with Crippen LogP contribution in [0.1, 0.15) is 20.9 Å². The van der Waals surface area contributed by atoms with Crippen LogP contribution in [0.4, 0.5) is 4.39 Å². The first-order chi connectivity index (χ1) is 13.4. The van der Waals surface area contributed by atoms with Gasteiger partial charge in [-0.15, -0.1) is 0 Å². The van der Waals surface area contributed by atoms with E-state index in [2.05, 4.69) is 15.9 Å². The molecule has 1 saturated heterocycles. The maximum absolute atomic E-state index is 13.9. The lowest BCUT2D eigenvalue weighted by Gasteiger charge is -2.34. The lowest BCUT2D eigenvalue weighted by molar-refractivity contribution is 0.0517. The van der Waals surface area contributed by atoms with E-state index < -0.39 is 11.7 Å². The molecule has 0 aliphatic carbocycles. The second-order valence-electron chi connectivity index (χ2n) is 6.48. The number of piperazine rings is 1. The van der Waals surface area contributed by atoms with Gasteiger partial charge in [0.05, 0.1) is 10.0 Å². The third-order valence-electron chi connectivity index (χ3n) is 4.72. The number of para-hydroxylation sites is 1. The van der Waals surface area contributed by atoms with Crippen molar-refractivity contribution >= 4 is 50.3 Å². The van der Waals surface area contributed by atoms with Crippen molar-refractivity contribution in [1.29, 1.82) is 0 Å². The highest BCUT2D eigenvalue weighted by molar-refractivity contribution is 9.10. The van der Waals surface area contributed by atoms with Gasteiger partial charge in [-0.3, -0.25) is 9.59 Å². The molecule has 0 spiro atoms. The zero-order chi connectivity index (χ0) is 19.8. The predicted octanol–water partition coefficient (Wildman–Crippen LogP) is 4.59. The number of hydrogen-bond acceptors (Lipinski definition) is 3. The molecule has 1 aliphatic heterocycles. The van der Waals surface area contributed by atoms with Crippen LogP contribution < -0.4 is 0 Å². The van der Waals surface area contributed by atoms with Crippen molar-refractivity contribution in [2.45, 2.75) is 0 Å². The fourth-order valence-electron chi connectivity index (χ4n) is 3.23. The summed E-state index contributed by atoms with van der Waals surface area (Å²) >= 11 is 9.28. The summed E-state index contributed by atoms with van der Waals surface area (Å²) < 4.78 is 20.4. The lowest BCUT2D eigenvalue weighted by Crippen LogP contribution is -2.50. The number of hydrogen-bond donors (Lipinski definition) is 0. The van der Waals surface area contributed by atoms with Gasteiger partial charge in [0.25, 0.3) is 11.8 Å². The Kier molecular flexibility index (Phi) is 5.12. The van der Waals surface area contributed by atoms with Gasteiger partial charge in [-0.2, -0.15) is 0 Å². The fourth-order valence-corrected chi connectivity index (χ4v) is 3.87. The van der Waals surface area contributed by atoms with Crippen molar-refractivity contribution < 1.29 is 18.4 Å². The molecule has 3 aromatic rings. The van der Waals surface area contributed by atoms with Crippen LogP contribution in [0.25, 0.3) is 11.0 Å². The van der Waals surface area contributed by atoms with Gasteiger partial charge in [-0.25, -0.2) is 4.39 Å². The van der Waals surface area contributed by atoms with Crippen LogP contribution in [0, 0.1) is 5.82 Å². The topological polar surface area (TPSA) is 53.8 Å². The molecular formula is C20H15BrClFN2O3. The third kappa shape index (κ3) is 3.52. The zero-order valence-corrected chi connectivity index (χ0v) is 17.0. The molecule has 28 heavy (non-hydrogen) atoms. The minimum Gasteiger partial charge on any atom is -0.450 e. The molecule has 4 rings (SSSR count). The van der Waals surface area contributed by atoms with E-state index in [0.717, 1.165) is 9.86 Å². The summed E-state index contributed by atoms with van der Waals surface area (Å²) in [6, 6.07) is 11.2. The maximum atomic E-state index is 13.9. The Balaban J connectivity index is 1.46. The monoisotopic (exact) mass is 464 g/mol. The summed E-state index contributed by atoms with van der Waals surface area (Å²) in [5.74, 6) is -1.02. The van der Waals surface area contributed by atoms with E-state index in [1.807, 2.05) is 18.2 Å². The second-order valence-corrected chi connectivity index (χ2v) is 7.77. The molecule has 144 valence electrons. The van der Waals surface area contributed by atoms with Gasteiger partial charge < -0.3 is 14.2 Å². The van der Waals surface area contributed by atoms with E-state index >= 15 is 0 Å². The molecule has 8 heteroatoms. The summed E-state index contributed by atoms with van der Waals surface area (Å²) in [6.45, 7) is 1.29. The van der Waals surface area contributed by atoms with Crippen LogP contribution in [0.15, 0.2) is 51.4 Å². The molecule has 0 bridgehead atoms. The Labute approximate surface area is 173 Å². The van der Waals surface area contributed by atoms with Crippen molar-refractivity contribution in [2.75, 3.05) is 26.2 Å². The van der Waals surface area contributed by atoms with Crippen LogP contribution >= 0.6 is 27.5 Å². The first kappa shape index (κ1) is 19.0. The van der Waals surface area contributed by atoms with Crippen LogP contribution in [-0.2, 0) is 0 Å². The first-order valence-corrected chi connectivity index (χ1v) is 9.83. The number of nitrogens with zero attached hydrogens (tertiary/aromatic N) is 2. The number of furan rings is 1. The second kappa shape index (κ2) is 7.56. The van der Waals surface area contributed by atoms with Crippen molar-refractivity contribution in [1.82, 2.24) is 9.80 Å². The Morgan fingerprint density at radius 1 is 1.00 bits per heavy atom. The van der Waals surface area contributed by atoms with Crippen molar-refractivity contribution in [3.05, 3.63) is 69.1 Å². The Morgan fingerprint density at radius 3 is 2.36 bits per heavy atom. The molecule has 2 heterocycles. The minimum atomic E-state index is -0.610. The molecule has 1 fully saturated rings. The van der Waals surface area contributed by atoms with Gasteiger partial charge in [-0.1, -0.05) is 23.7 Å². The summed E-state index contributed by atoms with van der Waals surface area (Å²) in [7, 11) is 0. The first-order valence-electron chi connectivity index (χ1n) is 8.65. The molecule has 0 radical (unpaired) electrons. The average Bonchev–Trinajstić information content (AvgIpc) is 3.14. The Bertz CT molecular complexity index is 1080. The standard InChI is InChI=1S/C20H15BrClFN2O3/c21-15-3-1-2-12-10-17(28-18(12)15)20(27)25-8-6-24(7-9-25)19(26)14-11-13(22)4-5-16(14)23/h1-5,10-11H,6-9H2. The number of carbonyl (C=O) groups excluding carboxylic acids is 2. The number of halogens is 3. The van der Waals surface area contributed by atoms with E-state index in [1.165, 1.54) is 23.1 Å². The van der Waals surface area contributed by atoms with E-state index in [9.17, 15) is 14.0 Å². The van der Waals surface area contributed by atoms with Gasteiger partial charge in [-0.05, 0) is 46.3 Å². The maximum Gasteiger partial charge on any atom is 0.289 e. The summed E-state index contributed by atoms with van der Waals surface area (Å²) in [4.78, 5) is 28.5. The normalized spacial score (nSPS) is 14.5. The van der Waals surface area contributed by atoms with Gasteiger partial charge in [0, 0.05) is 36.6 Å². The van der Waals surface area contributed by atoms with Crippen LogP contribution in [0.3, 0.4) is 0 Å². The van der Waals surface area contributed by atoms with Crippen LogP contribution in [-0.4, -0.2) is 47.8 Å². The number of fused-ring (bicyclic) bond motifs is 1. The van der Waals surface area contributed by atoms with Crippen molar-refractivity contribution in [2.24, 2.45) is 0 Å². The summed E-state index contributed by atoms with van der Waals surface area (Å²) in [5.41, 5.74) is 0.561. The molecule has 5 nitrogen and oxygen atoms in total. The van der Waals surface area contributed by atoms with Crippen molar-refractivity contribution in [3.63, 3.8) is 0 Å². The molecule has 0 saturated carbocycles. The largest absolute Gasteiger partial charge is 0.450 e. The average molecular weight is 466 g/mol. The van der Waals surface area contributed by atoms with Gasteiger partial charge in [0.15, 0.2) is 5.76 Å². The van der Waals surface area contributed by atoms with E-state index in [0.29, 0.717) is 36.8 Å². The lowest BCUT2D eigenvalue weighted by atomic mass is 10.1. The van der Waals surface area contributed by atoms with Gasteiger partial charge in [0.1, 0.15) is 11.4 Å². The Morgan fingerprint density at radius 2 is 1.68 bits per heavy atom. The van der Waals surface area contributed by atoms with Crippen molar-refractivity contribution in [3.8, 4) is 0 Å². The van der Waals surface area contributed by atoms with E-state index in [4.69, 9.17) is 16.0 Å². The number of amides is 2. The summed E-state index contributed by atoms with van der Waals surface area (Å²) in [5, 5.41) is 1.14. The van der Waals surface area contributed by atoms with Crippen LogP contribution in [0.5, 0.6) is 0 Å². The highest BCUT2D eigenvalue weighted by Gasteiger charge is 2.28. The third-order valence-corrected chi connectivity index (χ3v) is 5.58. The molecule has 2 aromatic carbocycles. The van der Waals surface area contributed by atoms with Crippen LogP contribution in [0.2, 0.25) is 5.02 Å². The molecule has 1 aromatic heterocycles. The highest BCUT2D eigenvalue weighted by atomic mass is 79.9. The van der Waals surface area contributed by atoms with Gasteiger partial charge in [0.2, 0.25) is 0 Å².